The van der Waals surface area contributed by atoms with Gasteiger partial charge < -0.3 is 14.8 Å². The molecule has 3 aromatic rings. The second-order valence-corrected chi connectivity index (χ2v) is 8.70. The molecule has 0 aliphatic rings. The first-order valence-corrected chi connectivity index (χ1v) is 12.3. The fourth-order valence-corrected chi connectivity index (χ4v) is 4.21. The van der Waals surface area contributed by atoms with Gasteiger partial charge in [-0.15, -0.1) is 0 Å². The number of rotatable bonds is 12. The van der Waals surface area contributed by atoms with E-state index in [2.05, 4.69) is 15.8 Å². The first-order chi connectivity index (χ1) is 17.9. The second-order valence-electron chi connectivity index (χ2n) is 7.67. The zero-order valence-electron chi connectivity index (χ0n) is 20.2. The summed E-state index contributed by atoms with van der Waals surface area (Å²) in [4.78, 5) is 36.1. The molecule has 0 aromatic heterocycles. The molecule has 37 heavy (non-hydrogen) atoms. The van der Waals surface area contributed by atoms with Crippen molar-refractivity contribution in [3.8, 4) is 11.5 Å². The Bertz CT molecular complexity index is 1250. The number of hydrazone groups is 1. The molecule has 3 rings (SSSR count). The van der Waals surface area contributed by atoms with Crippen LogP contribution in [-0.2, 0) is 10.5 Å². The SMILES string of the molecule is COc1ccc(/C=N\NC(=O)[C@H](CSCc2ccccc2)NC(=O)c2ccc([N+](=O)[O-])cc2)c(OC)c1. The van der Waals surface area contributed by atoms with E-state index in [4.69, 9.17) is 9.47 Å². The number of amides is 2. The number of nitrogens with one attached hydrogen (secondary N) is 2. The van der Waals surface area contributed by atoms with Crippen molar-refractivity contribution in [3.63, 3.8) is 0 Å². The topological polar surface area (TPSA) is 132 Å². The molecule has 3 aromatic carbocycles. The molecule has 0 saturated heterocycles. The lowest BCUT2D eigenvalue weighted by Crippen LogP contribution is -2.47. The van der Waals surface area contributed by atoms with E-state index >= 15 is 0 Å². The minimum Gasteiger partial charge on any atom is -0.497 e. The minimum absolute atomic E-state index is 0.132. The number of hydrogen-bond acceptors (Lipinski definition) is 8. The van der Waals surface area contributed by atoms with Crippen molar-refractivity contribution < 1.29 is 24.0 Å². The van der Waals surface area contributed by atoms with Gasteiger partial charge in [-0.2, -0.15) is 16.9 Å². The van der Waals surface area contributed by atoms with Gasteiger partial charge in [-0.3, -0.25) is 19.7 Å². The van der Waals surface area contributed by atoms with Gasteiger partial charge in [-0.25, -0.2) is 5.43 Å². The molecule has 0 spiro atoms. The van der Waals surface area contributed by atoms with Gasteiger partial charge in [0.1, 0.15) is 17.5 Å². The number of hydrogen-bond donors (Lipinski definition) is 2. The number of carbonyl (C=O) groups is 2. The van der Waals surface area contributed by atoms with E-state index in [0.717, 1.165) is 5.56 Å². The predicted octanol–water partition coefficient (Wildman–Crippen LogP) is 3.79. The molecule has 10 nitrogen and oxygen atoms in total. The molecular formula is C26H26N4O6S. The summed E-state index contributed by atoms with van der Waals surface area (Å²) < 4.78 is 10.5. The van der Waals surface area contributed by atoms with Crippen molar-refractivity contribution in [1.29, 1.82) is 0 Å². The maximum Gasteiger partial charge on any atom is 0.269 e. The molecule has 0 aliphatic heterocycles. The summed E-state index contributed by atoms with van der Waals surface area (Å²) in [6, 6.07) is 19.1. The summed E-state index contributed by atoms with van der Waals surface area (Å²) in [5.41, 5.74) is 4.23. The summed E-state index contributed by atoms with van der Waals surface area (Å²) >= 11 is 1.48. The normalized spacial score (nSPS) is 11.5. The third-order valence-corrected chi connectivity index (χ3v) is 6.28. The fourth-order valence-electron chi connectivity index (χ4n) is 3.20. The van der Waals surface area contributed by atoms with Crippen molar-refractivity contribution in [1.82, 2.24) is 10.7 Å². The lowest BCUT2D eigenvalue weighted by molar-refractivity contribution is -0.384. The highest BCUT2D eigenvalue weighted by molar-refractivity contribution is 7.98. The summed E-state index contributed by atoms with van der Waals surface area (Å²) in [6.07, 6.45) is 1.43. The maximum atomic E-state index is 12.9. The largest absolute Gasteiger partial charge is 0.497 e. The zero-order chi connectivity index (χ0) is 26.6. The molecule has 0 bridgehead atoms. The molecule has 11 heteroatoms. The average molecular weight is 523 g/mol. The lowest BCUT2D eigenvalue weighted by Gasteiger charge is -2.17. The van der Waals surface area contributed by atoms with Crippen LogP contribution < -0.4 is 20.2 Å². The fraction of sp³-hybridized carbons (Fsp3) is 0.192. The molecular weight excluding hydrogens is 496 g/mol. The molecule has 0 saturated carbocycles. The molecule has 2 amide bonds. The van der Waals surface area contributed by atoms with E-state index in [-0.39, 0.29) is 17.0 Å². The van der Waals surface area contributed by atoms with Gasteiger partial charge in [0.15, 0.2) is 0 Å². The molecule has 0 aliphatic carbocycles. The summed E-state index contributed by atoms with van der Waals surface area (Å²) in [5.74, 6) is 1.00. The Kier molecular flexibility index (Phi) is 10.0. The van der Waals surface area contributed by atoms with Gasteiger partial charge in [0.05, 0.1) is 25.4 Å². The smallest absolute Gasteiger partial charge is 0.269 e. The number of ether oxygens (including phenoxy) is 2. The number of nitrogens with zero attached hydrogens (tertiary/aromatic N) is 2. The highest BCUT2D eigenvalue weighted by Crippen LogP contribution is 2.23. The number of nitro groups is 1. The highest BCUT2D eigenvalue weighted by atomic mass is 32.2. The van der Waals surface area contributed by atoms with Crippen LogP contribution in [-0.4, -0.2) is 49.0 Å². The van der Waals surface area contributed by atoms with E-state index in [0.29, 0.717) is 22.8 Å². The van der Waals surface area contributed by atoms with Crippen LogP contribution in [0.2, 0.25) is 0 Å². The molecule has 0 radical (unpaired) electrons. The van der Waals surface area contributed by atoms with Crippen LogP contribution in [0.4, 0.5) is 5.69 Å². The Balaban J connectivity index is 1.69. The Morgan fingerprint density at radius 1 is 1.05 bits per heavy atom. The highest BCUT2D eigenvalue weighted by Gasteiger charge is 2.22. The van der Waals surface area contributed by atoms with Crippen molar-refractivity contribution in [2.24, 2.45) is 5.10 Å². The standard InChI is InChI=1S/C26H26N4O6S/c1-35-22-13-10-20(24(14-22)36-2)15-27-29-26(32)23(17-37-16-18-6-4-3-5-7-18)28-25(31)19-8-11-21(12-9-19)30(33)34/h3-15,23H,16-17H2,1-2H3,(H,28,31)(H,29,32)/b27-15-/t23-/m0/s1. The van der Waals surface area contributed by atoms with Crippen LogP contribution in [0.1, 0.15) is 21.5 Å². The van der Waals surface area contributed by atoms with Crippen LogP contribution in [0.25, 0.3) is 0 Å². The van der Waals surface area contributed by atoms with Gasteiger partial charge in [-0.05, 0) is 29.8 Å². The van der Waals surface area contributed by atoms with E-state index in [9.17, 15) is 19.7 Å². The van der Waals surface area contributed by atoms with Crippen molar-refractivity contribution in [2.75, 3.05) is 20.0 Å². The predicted molar refractivity (Wildman–Crippen MR) is 142 cm³/mol. The Morgan fingerprint density at radius 2 is 1.78 bits per heavy atom. The van der Waals surface area contributed by atoms with E-state index in [1.165, 1.54) is 49.4 Å². The number of benzene rings is 3. The first kappa shape index (κ1) is 27.2. The van der Waals surface area contributed by atoms with Crippen LogP contribution in [0.15, 0.2) is 77.9 Å². The van der Waals surface area contributed by atoms with Crippen LogP contribution in [0.3, 0.4) is 0 Å². The third-order valence-electron chi connectivity index (χ3n) is 5.18. The van der Waals surface area contributed by atoms with Crippen LogP contribution in [0.5, 0.6) is 11.5 Å². The summed E-state index contributed by atoms with van der Waals surface area (Å²) in [6.45, 7) is 0. The van der Waals surface area contributed by atoms with E-state index in [1.54, 1.807) is 25.3 Å². The average Bonchev–Trinajstić information content (AvgIpc) is 2.93. The van der Waals surface area contributed by atoms with Gasteiger partial charge in [0.25, 0.3) is 17.5 Å². The van der Waals surface area contributed by atoms with Crippen molar-refractivity contribution in [2.45, 2.75) is 11.8 Å². The molecule has 0 heterocycles. The summed E-state index contributed by atoms with van der Waals surface area (Å²) in [5, 5.41) is 17.6. The monoisotopic (exact) mass is 522 g/mol. The zero-order valence-corrected chi connectivity index (χ0v) is 21.1. The van der Waals surface area contributed by atoms with Crippen LogP contribution in [0, 0.1) is 10.1 Å². The molecule has 0 unspecified atom stereocenters. The first-order valence-electron chi connectivity index (χ1n) is 11.1. The number of thioether (sulfide) groups is 1. The van der Waals surface area contributed by atoms with Crippen molar-refractivity contribution >= 4 is 35.5 Å². The minimum atomic E-state index is -0.911. The number of methoxy groups -OCH3 is 2. The third kappa shape index (κ3) is 8.07. The Morgan fingerprint density at radius 3 is 2.43 bits per heavy atom. The molecule has 1 atom stereocenters. The number of carbonyl (C=O) groups excluding carboxylic acids is 2. The van der Waals surface area contributed by atoms with Crippen molar-refractivity contribution in [3.05, 3.63) is 99.6 Å². The Hall–Kier alpha value is -4.38. The van der Waals surface area contributed by atoms with Gasteiger partial charge in [-0.1, -0.05) is 30.3 Å². The van der Waals surface area contributed by atoms with E-state index < -0.39 is 22.8 Å². The lowest BCUT2D eigenvalue weighted by atomic mass is 10.2. The van der Waals surface area contributed by atoms with Gasteiger partial charge >= 0.3 is 0 Å². The second kappa shape index (κ2) is 13.6. The van der Waals surface area contributed by atoms with Gasteiger partial charge in [0, 0.05) is 40.8 Å². The maximum absolute atomic E-state index is 12.9. The Labute approximate surface area is 218 Å². The molecule has 0 fully saturated rings. The van der Waals surface area contributed by atoms with Crippen LogP contribution >= 0.6 is 11.8 Å². The van der Waals surface area contributed by atoms with Gasteiger partial charge in [0.2, 0.25) is 0 Å². The van der Waals surface area contributed by atoms with E-state index in [1.807, 2.05) is 30.3 Å². The molecule has 192 valence electrons. The number of nitro benzene ring substituents is 1. The molecule has 2 N–H and O–H groups in total. The summed E-state index contributed by atoms with van der Waals surface area (Å²) in [7, 11) is 3.06. The number of non-ortho nitro benzene ring substituents is 1. The quantitative estimate of drug-likeness (QED) is 0.210.